The normalized spacial score (nSPS) is 19.6. The van der Waals surface area contributed by atoms with Gasteiger partial charge in [-0.05, 0) is 48.7 Å². The largest absolute Gasteiger partial charge is 0.387 e. The number of allylic oxidation sites excluding steroid dienone is 1. The third-order valence-electron chi connectivity index (χ3n) is 10.8. The number of H-pyrrole nitrogens is 1. The van der Waals surface area contributed by atoms with Crippen LogP contribution in [0.1, 0.15) is 83.5 Å². The topological polar surface area (TPSA) is 177 Å². The van der Waals surface area contributed by atoms with Crippen molar-refractivity contribution in [3.05, 3.63) is 59.8 Å². The highest BCUT2D eigenvalue weighted by Crippen LogP contribution is 2.36. The molecule has 4 aromatic rings. The number of nitrogens with one attached hydrogen (secondary N) is 3. The summed E-state index contributed by atoms with van der Waals surface area (Å²) in [6.07, 6.45) is 11.9. The van der Waals surface area contributed by atoms with Gasteiger partial charge in [-0.3, -0.25) is 28.6 Å². The second kappa shape index (κ2) is 15.9. The lowest BCUT2D eigenvalue weighted by Crippen LogP contribution is -2.53. The first-order valence-electron chi connectivity index (χ1n) is 19.1. The lowest BCUT2D eigenvalue weighted by molar-refractivity contribution is -0.139. The molecule has 0 aliphatic carbocycles. The summed E-state index contributed by atoms with van der Waals surface area (Å²) in [6, 6.07) is 6.57. The number of aromatic amines is 1. The van der Waals surface area contributed by atoms with Gasteiger partial charge in [0, 0.05) is 56.3 Å². The minimum Gasteiger partial charge on any atom is -0.387 e. The molecule has 4 amide bonds. The van der Waals surface area contributed by atoms with Gasteiger partial charge in [0.05, 0.1) is 34.5 Å². The quantitative estimate of drug-likeness (QED) is 0.163. The number of fused-ring (bicyclic) bond motifs is 1. The number of carbonyl (C=O) groups excluding carboxylic acids is 4. The first kappa shape index (κ1) is 38.1. The molecule has 290 valence electrons. The van der Waals surface area contributed by atoms with Gasteiger partial charge < -0.3 is 30.5 Å². The van der Waals surface area contributed by atoms with Gasteiger partial charge >= 0.3 is 0 Å². The third-order valence-corrected chi connectivity index (χ3v) is 11.8. The molecule has 7 rings (SSSR count). The van der Waals surface area contributed by atoms with Gasteiger partial charge in [0.1, 0.15) is 24.5 Å². The molecule has 3 aliphatic rings. The zero-order valence-electron chi connectivity index (χ0n) is 31.9. The molecule has 0 bridgehead atoms. The summed E-state index contributed by atoms with van der Waals surface area (Å²) in [4.78, 5) is 74.2. The van der Waals surface area contributed by atoms with Crippen molar-refractivity contribution < 1.29 is 24.3 Å². The second-order valence-corrected chi connectivity index (χ2v) is 16.4. The Morgan fingerprint density at radius 3 is 2.18 bits per heavy atom. The summed E-state index contributed by atoms with van der Waals surface area (Å²) < 4.78 is 2.04. The van der Waals surface area contributed by atoms with Crippen LogP contribution in [0.15, 0.2) is 54.0 Å². The summed E-state index contributed by atoms with van der Waals surface area (Å²) in [5, 5.41) is 14.7. The van der Waals surface area contributed by atoms with E-state index in [2.05, 4.69) is 26.8 Å². The molecule has 55 heavy (non-hydrogen) atoms. The zero-order chi connectivity index (χ0) is 39.0. The molecule has 2 fully saturated rings. The number of aliphatic hydroxyl groups excluding tert-OH is 1. The molecule has 0 saturated carbocycles. The number of hydrogen-bond acceptors (Lipinski definition) is 9. The fourth-order valence-electron chi connectivity index (χ4n) is 7.87. The van der Waals surface area contributed by atoms with Crippen LogP contribution in [0.25, 0.3) is 33.0 Å². The standard InChI is InChI=1S/C40H49N9O5S/c1-22(2)35(43-24(5)51)38(53)48-14-6-8-31(48)28-16-27(17-41-28)33-20-47-19-30(45-40(47)55-33)26-12-10-25(11-13-26)29-18-42-37(44-29)32-9-7-15-49(32)39(54)36(23(3)4)46-34(52)21-50/h10-13,17-20,22-23,31-32,35-36,50H,6-9,14-16,21H2,1-5H3,(H,42,44)(H,43,51)(H,46,52)/t31?,32-,35-,36-/m0/s1. The number of aromatic nitrogens is 4. The molecule has 0 radical (unpaired) electrons. The molecule has 1 aromatic carbocycles. The van der Waals surface area contributed by atoms with Gasteiger partial charge in [-0.2, -0.15) is 0 Å². The van der Waals surface area contributed by atoms with E-state index < -0.39 is 24.6 Å². The predicted molar refractivity (Wildman–Crippen MR) is 211 cm³/mol. The predicted octanol–water partition coefficient (Wildman–Crippen LogP) is 4.59. The van der Waals surface area contributed by atoms with Gasteiger partial charge in [-0.25, -0.2) is 9.97 Å². The van der Waals surface area contributed by atoms with E-state index in [1.54, 1.807) is 22.4 Å². The Morgan fingerprint density at radius 1 is 0.909 bits per heavy atom. The molecule has 14 nitrogen and oxygen atoms in total. The fraction of sp³-hybridized carbons (Fsp3) is 0.475. The number of carbonyl (C=O) groups is 4. The molecule has 4 N–H and O–H groups in total. The average Bonchev–Trinajstić information content (AvgIpc) is 4.00. The van der Waals surface area contributed by atoms with Crippen molar-refractivity contribution in [3.63, 3.8) is 0 Å². The maximum atomic E-state index is 13.5. The number of rotatable bonds is 12. The molecular formula is C40H49N9O5S. The van der Waals surface area contributed by atoms with Crippen molar-refractivity contribution in [3.8, 4) is 22.5 Å². The number of benzene rings is 1. The van der Waals surface area contributed by atoms with Crippen LogP contribution in [0.2, 0.25) is 0 Å². The number of imidazole rings is 2. The highest BCUT2D eigenvalue weighted by Gasteiger charge is 2.39. The summed E-state index contributed by atoms with van der Waals surface area (Å²) in [5.41, 5.74) is 5.73. The smallest absolute Gasteiger partial charge is 0.246 e. The molecule has 15 heteroatoms. The third kappa shape index (κ3) is 7.85. The Morgan fingerprint density at radius 2 is 1.55 bits per heavy atom. The molecule has 4 atom stereocenters. The van der Waals surface area contributed by atoms with Crippen molar-refractivity contribution >= 4 is 51.2 Å². The lowest BCUT2D eigenvalue weighted by atomic mass is 9.99. The second-order valence-electron chi connectivity index (χ2n) is 15.4. The number of thiazole rings is 1. The monoisotopic (exact) mass is 767 g/mol. The molecule has 3 aliphatic heterocycles. The first-order chi connectivity index (χ1) is 26.4. The van der Waals surface area contributed by atoms with Crippen molar-refractivity contribution in [1.82, 2.24) is 39.8 Å². The van der Waals surface area contributed by atoms with E-state index in [0.717, 1.165) is 69.3 Å². The van der Waals surface area contributed by atoms with E-state index in [9.17, 15) is 24.3 Å². The molecule has 2 saturated heterocycles. The zero-order valence-corrected chi connectivity index (χ0v) is 32.7. The molecule has 1 unspecified atom stereocenters. The van der Waals surface area contributed by atoms with Gasteiger partial charge in [0.2, 0.25) is 23.6 Å². The highest BCUT2D eigenvalue weighted by molar-refractivity contribution is 7.18. The maximum absolute atomic E-state index is 13.5. The van der Waals surface area contributed by atoms with Gasteiger partial charge in [0.15, 0.2) is 4.96 Å². The van der Waals surface area contributed by atoms with Crippen LogP contribution in [0.4, 0.5) is 0 Å². The molecular weight excluding hydrogens is 719 g/mol. The minimum absolute atomic E-state index is 0.0133. The number of hydrogen-bond donors (Lipinski definition) is 4. The van der Waals surface area contributed by atoms with Crippen LogP contribution >= 0.6 is 11.3 Å². The maximum Gasteiger partial charge on any atom is 0.246 e. The van der Waals surface area contributed by atoms with Crippen LogP contribution in [-0.2, 0) is 19.2 Å². The van der Waals surface area contributed by atoms with Crippen LogP contribution in [0.3, 0.4) is 0 Å². The summed E-state index contributed by atoms with van der Waals surface area (Å²) >= 11 is 1.61. The van der Waals surface area contributed by atoms with E-state index in [-0.39, 0.29) is 41.6 Å². The van der Waals surface area contributed by atoms with E-state index in [4.69, 9.17) is 9.98 Å². The molecule has 6 heterocycles. The SMILES string of the molecule is CC(=O)N[C@H](C(=O)N1CCCC1C1=NC=C(c2cn3cc(-c4ccc(-c5cnc([C@@H]6CCCN6C(=O)[C@@H](NC(=O)CO)C(C)C)[nH]5)cc4)nc3s2)C1)C(C)C. The summed E-state index contributed by atoms with van der Waals surface area (Å²) in [5.74, 6) is -0.423. The summed E-state index contributed by atoms with van der Waals surface area (Å²) in [7, 11) is 0. The van der Waals surface area contributed by atoms with Crippen molar-refractivity contribution in [1.29, 1.82) is 0 Å². The van der Waals surface area contributed by atoms with Gasteiger partial charge in [-0.15, -0.1) is 0 Å². The Balaban J connectivity index is 0.988. The van der Waals surface area contributed by atoms with E-state index in [0.29, 0.717) is 25.3 Å². The Bertz CT molecular complexity index is 2110. The van der Waals surface area contributed by atoms with Crippen LogP contribution in [0, 0.1) is 11.8 Å². The van der Waals surface area contributed by atoms with Gasteiger partial charge in [0.25, 0.3) is 0 Å². The number of nitrogens with zero attached hydrogens (tertiary/aromatic N) is 6. The average molecular weight is 768 g/mol. The first-order valence-corrected chi connectivity index (χ1v) is 19.9. The van der Waals surface area contributed by atoms with Crippen molar-refractivity contribution in [2.75, 3.05) is 19.7 Å². The number of aliphatic hydroxyl groups is 1. The lowest BCUT2D eigenvalue weighted by Gasteiger charge is -2.31. The summed E-state index contributed by atoms with van der Waals surface area (Å²) in [6.45, 7) is 9.68. The van der Waals surface area contributed by atoms with Crippen LogP contribution in [-0.4, -0.2) is 101 Å². The Hall–Kier alpha value is -5.15. The van der Waals surface area contributed by atoms with E-state index in [1.165, 1.54) is 6.92 Å². The van der Waals surface area contributed by atoms with E-state index >= 15 is 0 Å². The van der Waals surface area contributed by atoms with Gasteiger partial charge in [-0.1, -0.05) is 63.3 Å². The van der Waals surface area contributed by atoms with Crippen LogP contribution in [0.5, 0.6) is 0 Å². The Labute approximate surface area is 324 Å². The molecule has 3 aromatic heterocycles. The fourth-order valence-corrected chi connectivity index (χ4v) is 8.85. The number of amides is 4. The highest BCUT2D eigenvalue weighted by atomic mass is 32.1. The number of aliphatic imine (C=N–C) groups is 1. The van der Waals surface area contributed by atoms with Crippen LogP contribution < -0.4 is 10.6 Å². The molecule has 0 spiro atoms. The van der Waals surface area contributed by atoms with E-state index in [1.807, 2.05) is 73.7 Å². The Kier molecular flexibility index (Phi) is 11.0. The van der Waals surface area contributed by atoms with Crippen molar-refractivity contribution in [2.45, 2.75) is 90.9 Å². The van der Waals surface area contributed by atoms with Crippen molar-refractivity contribution in [2.24, 2.45) is 16.8 Å². The number of likely N-dealkylation sites (tertiary alicyclic amines) is 2. The minimum atomic E-state index is -0.721.